The zero-order valence-corrected chi connectivity index (χ0v) is 12.1. The van der Waals surface area contributed by atoms with Crippen LogP contribution in [0.4, 0.5) is 0 Å². The van der Waals surface area contributed by atoms with Gasteiger partial charge in [0.15, 0.2) is 0 Å². The number of unbranched alkanes of at least 4 members (excludes halogenated alkanes) is 2. The van der Waals surface area contributed by atoms with Gasteiger partial charge in [-0.1, -0.05) is 48.5 Å². The van der Waals surface area contributed by atoms with E-state index in [4.69, 9.17) is 9.84 Å². The Morgan fingerprint density at radius 2 is 1.57 bits per heavy atom. The summed E-state index contributed by atoms with van der Waals surface area (Å²) in [6.07, 6.45) is 1.97. The third-order valence-electron chi connectivity index (χ3n) is 3.39. The molecular formula is C18H22O3. The molecule has 0 saturated carbocycles. The summed E-state index contributed by atoms with van der Waals surface area (Å²) in [6.45, 7) is 0.821. The minimum absolute atomic E-state index is 0.226. The average Bonchev–Trinajstić information content (AvgIpc) is 2.55. The molecule has 0 fully saturated rings. The van der Waals surface area contributed by atoms with Gasteiger partial charge in [0.2, 0.25) is 0 Å². The third kappa shape index (κ3) is 4.59. The Morgan fingerprint density at radius 3 is 2.33 bits per heavy atom. The van der Waals surface area contributed by atoms with Crippen molar-refractivity contribution in [3.8, 4) is 5.75 Å². The van der Waals surface area contributed by atoms with Crippen LogP contribution in [0.3, 0.4) is 0 Å². The van der Waals surface area contributed by atoms with Crippen molar-refractivity contribution in [3.05, 3.63) is 65.7 Å². The monoisotopic (exact) mass is 286 g/mol. The molecular weight excluding hydrogens is 264 g/mol. The molecule has 0 aromatic heterocycles. The summed E-state index contributed by atoms with van der Waals surface area (Å²) in [5.41, 5.74) is 1.64. The Morgan fingerprint density at radius 1 is 0.857 bits per heavy atom. The van der Waals surface area contributed by atoms with Crippen molar-refractivity contribution in [2.75, 3.05) is 13.2 Å². The van der Waals surface area contributed by atoms with E-state index in [1.807, 2.05) is 54.6 Å². The van der Waals surface area contributed by atoms with E-state index in [-0.39, 0.29) is 6.61 Å². The van der Waals surface area contributed by atoms with E-state index in [0.717, 1.165) is 36.1 Å². The Kier molecular flexibility index (Phi) is 6.25. The highest BCUT2D eigenvalue weighted by Crippen LogP contribution is 2.29. The van der Waals surface area contributed by atoms with Gasteiger partial charge in [-0.05, 0) is 30.9 Å². The second-order valence-corrected chi connectivity index (χ2v) is 4.98. The molecule has 2 rings (SSSR count). The molecule has 2 aromatic carbocycles. The molecule has 0 spiro atoms. The SMILES string of the molecule is OCCCCCOc1ccccc1C(O)c1ccccc1. The molecule has 2 N–H and O–H groups in total. The fraction of sp³-hybridized carbons (Fsp3) is 0.333. The zero-order valence-electron chi connectivity index (χ0n) is 12.1. The lowest BCUT2D eigenvalue weighted by molar-refractivity contribution is 0.209. The summed E-state index contributed by atoms with van der Waals surface area (Å²) < 4.78 is 5.78. The van der Waals surface area contributed by atoms with Crippen LogP contribution in [0, 0.1) is 0 Å². The molecule has 3 heteroatoms. The minimum Gasteiger partial charge on any atom is -0.493 e. The van der Waals surface area contributed by atoms with E-state index in [2.05, 4.69) is 0 Å². The number of aliphatic hydroxyl groups excluding tert-OH is 2. The smallest absolute Gasteiger partial charge is 0.125 e. The minimum atomic E-state index is -0.681. The molecule has 21 heavy (non-hydrogen) atoms. The van der Waals surface area contributed by atoms with Gasteiger partial charge in [-0.15, -0.1) is 0 Å². The van der Waals surface area contributed by atoms with Gasteiger partial charge in [-0.2, -0.15) is 0 Å². The lowest BCUT2D eigenvalue weighted by Crippen LogP contribution is -2.05. The number of hydrogen-bond donors (Lipinski definition) is 2. The summed E-state index contributed by atoms with van der Waals surface area (Å²) >= 11 is 0. The van der Waals surface area contributed by atoms with Crippen LogP contribution < -0.4 is 4.74 Å². The van der Waals surface area contributed by atoms with Crippen LogP contribution in [0.5, 0.6) is 5.75 Å². The predicted octanol–water partition coefficient (Wildman–Crippen LogP) is 3.31. The Balaban J connectivity index is 2.03. The van der Waals surface area contributed by atoms with Crippen molar-refractivity contribution in [2.45, 2.75) is 25.4 Å². The van der Waals surface area contributed by atoms with Gasteiger partial charge in [0.05, 0.1) is 6.61 Å². The van der Waals surface area contributed by atoms with Gasteiger partial charge in [0, 0.05) is 12.2 Å². The molecule has 0 saturated heterocycles. The van der Waals surface area contributed by atoms with Crippen molar-refractivity contribution in [1.29, 1.82) is 0 Å². The molecule has 0 radical (unpaired) electrons. The fourth-order valence-corrected chi connectivity index (χ4v) is 2.23. The molecule has 0 aliphatic carbocycles. The fourth-order valence-electron chi connectivity index (χ4n) is 2.23. The van der Waals surface area contributed by atoms with Crippen LogP contribution in [-0.4, -0.2) is 23.4 Å². The molecule has 3 nitrogen and oxygen atoms in total. The largest absolute Gasteiger partial charge is 0.493 e. The van der Waals surface area contributed by atoms with Crippen LogP contribution in [0.1, 0.15) is 36.5 Å². The molecule has 112 valence electrons. The van der Waals surface area contributed by atoms with Crippen molar-refractivity contribution >= 4 is 0 Å². The number of rotatable bonds is 8. The molecule has 1 atom stereocenters. The van der Waals surface area contributed by atoms with Crippen molar-refractivity contribution in [2.24, 2.45) is 0 Å². The van der Waals surface area contributed by atoms with E-state index in [0.29, 0.717) is 6.61 Å². The quantitative estimate of drug-likeness (QED) is 0.732. The van der Waals surface area contributed by atoms with Crippen LogP contribution in [-0.2, 0) is 0 Å². The van der Waals surface area contributed by atoms with Gasteiger partial charge < -0.3 is 14.9 Å². The zero-order chi connectivity index (χ0) is 14.9. The molecule has 0 bridgehead atoms. The number of aliphatic hydroxyl groups is 2. The summed E-state index contributed by atoms with van der Waals surface area (Å²) in [5.74, 6) is 0.720. The summed E-state index contributed by atoms with van der Waals surface area (Å²) in [6, 6.07) is 17.2. The molecule has 0 heterocycles. The summed E-state index contributed by atoms with van der Waals surface area (Å²) in [7, 11) is 0. The third-order valence-corrected chi connectivity index (χ3v) is 3.39. The van der Waals surface area contributed by atoms with Gasteiger partial charge >= 0.3 is 0 Å². The topological polar surface area (TPSA) is 49.7 Å². The first-order valence-corrected chi connectivity index (χ1v) is 7.38. The molecule has 0 aliphatic heterocycles. The van der Waals surface area contributed by atoms with Gasteiger partial charge in [-0.3, -0.25) is 0 Å². The standard InChI is InChI=1S/C18H22O3/c19-13-7-2-8-14-21-17-12-6-5-11-16(17)18(20)15-9-3-1-4-10-15/h1,3-6,9-12,18-20H,2,7-8,13-14H2. The maximum atomic E-state index is 10.5. The van der Waals surface area contributed by atoms with E-state index < -0.39 is 6.10 Å². The molecule has 2 aromatic rings. The van der Waals surface area contributed by atoms with E-state index >= 15 is 0 Å². The molecule has 0 aliphatic rings. The second-order valence-electron chi connectivity index (χ2n) is 4.98. The van der Waals surface area contributed by atoms with Crippen molar-refractivity contribution < 1.29 is 14.9 Å². The lowest BCUT2D eigenvalue weighted by Gasteiger charge is -2.16. The highest BCUT2D eigenvalue weighted by Gasteiger charge is 2.14. The highest BCUT2D eigenvalue weighted by atomic mass is 16.5. The number of para-hydroxylation sites is 1. The van der Waals surface area contributed by atoms with Crippen LogP contribution >= 0.6 is 0 Å². The van der Waals surface area contributed by atoms with Gasteiger partial charge in [0.25, 0.3) is 0 Å². The Hall–Kier alpha value is -1.84. The molecule has 1 unspecified atom stereocenters. The van der Waals surface area contributed by atoms with E-state index in [1.54, 1.807) is 0 Å². The lowest BCUT2D eigenvalue weighted by atomic mass is 10.0. The summed E-state index contributed by atoms with van der Waals surface area (Å²) in [5, 5.41) is 19.3. The predicted molar refractivity (Wildman–Crippen MR) is 83.4 cm³/mol. The van der Waals surface area contributed by atoms with Crippen molar-refractivity contribution in [1.82, 2.24) is 0 Å². The Labute approximate surface area is 125 Å². The number of hydrogen-bond acceptors (Lipinski definition) is 3. The summed E-state index contributed by atoms with van der Waals surface area (Å²) in [4.78, 5) is 0. The number of ether oxygens (including phenoxy) is 1. The first kappa shape index (κ1) is 15.5. The van der Waals surface area contributed by atoms with Crippen LogP contribution in [0.25, 0.3) is 0 Å². The molecule has 0 amide bonds. The van der Waals surface area contributed by atoms with E-state index in [1.165, 1.54) is 0 Å². The van der Waals surface area contributed by atoms with Crippen molar-refractivity contribution in [3.63, 3.8) is 0 Å². The first-order valence-electron chi connectivity index (χ1n) is 7.38. The number of benzene rings is 2. The van der Waals surface area contributed by atoms with Gasteiger partial charge in [0.1, 0.15) is 11.9 Å². The highest BCUT2D eigenvalue weighted by molar-refractivity contribution is 5.40. The normalized spacial score (nSPS) is 12.1. The average molecular weight is 286 g/mol. The van der Waals surface area contributed by atoms with Gasteiger partial charge in [-0.25, -0.2) is 0 Å². The van der Waals surface area contributed by atoms with E-state index in [9.17, 15) is 5.11 Å². The Bertz CT molecular complexity index is 525. The maximum Gasteiger partial charge on any atom is 0.125 e. The maximum absolute atomic E-state index is 10.5. The second kappa shape index (κ2) is 8.45. The van der Waals surface area contributed by atoms with Crippen LogP contribution in [0.2, 0.25) is 0 Å². The van der Waals surface area contributed by atoms with Crippen LogP contribution in [0.15, 0.2) is 54.6 Å². The first-order chi connectivity index (χ1) is 10.3.